The molecule has 0 radical (unpaired) electrons. The van der Waals surface area contributed by atoms with Crippen LogP contribution in [0.4, 0.5) is 0 Å². The van der Waals surface area contributed by atoms with E-state index in [0.29, 0.717) is 15.9 Å². The SMILES string of the molecule is Cc1cccc2c(=O)n(CC(=O)OCc3sc4ccccc4c3Cl)cnc12. The number of fused-ring (bicyclic) bond motifs is 2. The van der Waals surface area contributed by atoms with E-state index >= 15 is 0 Å². The first-order valence-electron chi connectivity index (χ1n) is 8.31. The van der Waals surface area contributed by atoms with Gasteiger partial charge in [-0.15, -0.1) is 11.3 Å². The minimum atomic E-state index is -0.514. The number of carbonyl (C=O) groups excluding carboxylic acids is 1. The second kappa shape index (κ2) is 7.13. The van der Waals surface area contributed by atoms with E-state index in [0.717, 1.165) is 20.5 Å². The predicted octanol–water partition coefficient (Wildman–Crippen LogP) is 4.32. The first-order chi connectivity index (χ1) is 13.0. The Balaban J connectivity index is 1.51. The smallest absolute Gasteiger partial charge is 0.326 e. The molecule has 0 unspecified atom stereocenters. The van der Waals surface area contributed by atoms with Crippen LogP contribution in [-0.2, 0) is 22.7 Å². The lowest BCUT2D eigenvalue weighted by molar-refractivity contribution is -0.145. The fourth-order valence-electron chi connectivity index (χ4n) is 2.94. The molecule has 4 aromatic rings. The van der Waals surface area contributed by atoms with Crippen LogP contribution in [0, 0.1) is 6.92 Å². The van der Waals surface area contributed by atoms with Gasteiger partial charge < -0.3 is 4.74 Å². The summed E-state index contributed by atoms with van der Waals surface area (Å²) in [7, 11) is 0. The van der Waals surface area contributed by atoms with E-state index in [1.165, 1.54) is 22.2 Å². The highest BCUT2D eigenvalue weighted by atomic mass is 35.5. The highest BCUT2D eigenvalue weighted by Gasteiger charge is 2.14. The van der Waals surface area contributed by atoms with Crippen LogP contribution >= 0.6 is 22.9 Å². The summed E-state index contributed by atoms with van der Waals surface area (Å²) >= 11 is 7.85. The number of esters is 1. The molecule has 0 atom stereocenters. The van der Waals surface area contributed by atoms with Crippen molar-refractivity contribution in [2.45, 2.75) is 20.1 Å². The fourth-order valence-corrected chi connectivity index (χ4v) is 4.34. The Labute approximate surface area is 163 Å². The summed E-state index contributed by atoms with van der Waals surface area (Å²) in [5.74, 6) is -0.514. The van der Waals surface area contributed by atoms with Gasteiger partial charge in [0.05, 0.1) is 27.1 Å². The van der Waals surface area contributed by atoms with Crippen LogP contribution in [0.3, 0.4) is 0 Å². The number of para-hydroxylation sites is 1. The predicted molar refractivity (Wildman–Crippen MR) is 107 cm³/mol. The van der Waals surface area contributed by atoms with E-state index in [9.17, 15) is 9.59 Å². The standard InChI is InChI=1S/C20H15ClN2O3S/c1-12-5-4-7-14-19(12)22-11-23(20(14)25)9-17(24)26-10-16-18(21)13-6-2-3-8-15(13)27-16/h2-8,11H,9-10H2,1H3. The van der Waals surface area contributed by atoms with Crippen molar-refractivity contribution < 1.29 is 9.53 Å². The van der Waals surface area contributed by atoms with Gasteiger partial charge in [0, 0.05) is 10.1 Å². The van der Waals surface area contributed by atoms with Crippen LogP contribution in [-0.4, -0.2) is 15.5 Å². The molecule has 0 fully saturated rings. The first kappa shape index (κ1) is 17.7. The molecule has 0 aliphatic carbocycles. The zero-order valence-corrected chi connectivity index (χ0v) is 16.0. The molecule has 2 aromatic carbocycles. The van der Waals surface area contributed by atoms with Gasteiger partial charge in [0.1, 0.15) is 13.2 Å². The van der Waals surface area contributed by atoms with E-state index in [1.54, 1.807) is 12.1 Å². The number of carbonyl (C=O) groups is 1. The highest BCUT2D eigenvalue weighted by Crippen LogP contribution is 2.35. The molecule has 7 heteroatoms. The van der Waals surface area contributed by atoms with Crippen LogP contribution in [0.2, 0.25) is 5.02 Å². The Bertz CT molecular complexity index is 1230. The lowest BCUT2D eigenvalue weighted by Gasteiger charge is -2.08. The van der Waals surface area contributed by atoms with Gasteiger partial charge in [-0.2, -0.15) is 0 Å². The van der Waals surface area contributed by atoms with Gasteiger partial charge in [-0.25, -0.2) is 4.98 Å². The molecule has 136 valence electrons. The normalized spacial score (nSPS) is 11.2. The fraction of sp³-hybridized carbons (Fsp3) is 0.150. The van der Waals surface area contributed by atoms with E-state index in [4.69, 9.17) is 16.3 Å². The molecule has 0 saturated heterocycles. The lowest BCUT2D eigenvalue weighted by Crippen LogP contribution is -2.25. The zero-order chi connectivity index (χ0) is 19.0. The third kappa shape index (κ3) is 3.34. The number of nitrogens with zero attached hydrogens (tertiary/aromatic N) is 2. The Morgan fingerprint density at radius 3 is 2.78 bits per heavy atom. The average Bonchev–Trinajstić information content (AvgIpc) is 2.99. The summed E-state index contributed by atoms with van der Waals surface area (Å²) in [5, 5.41) is 2.03. The second-order valence-electron chi connectivity index (χ2n) is 6.14. The number of halogens is 1. The van der Waals surface area contributed by atoms with Crippen molar-refractivity contribution in [1.82, 2.24) is 9.55 Å². The third-order valence-corrected chi connectivity index (χ3v) is 6.01. The van der Waals surface area contributed by atoms with Crippen molar-refractivity contribution in [3.8, 4) is 0 Å². The van der Waals surface area contributed by atoms with Crippen molar-refractivity contribution in [3.05, 3.63) is 74.6 Å². The van der Waals surface area contributed by atoms with Crippen LogP contribution in [0.1, 0.15) is 10.4 Å². The van der Waals surface area contributed by atoms with Gasteiger partial charge in [0.25, 0.3) is 5.56 Å². The molecule has 0 amide bonds. The van der Waals surface area contributed by atoms with E-state index < -0.39 is 5.97 Å². The molecule has 2 aromatic heterocycles. The van der Waals surface area contributed by atoms with Gasteiger partial charge in [-0.05, 0) is 24.6 Å². The largest absolute Gasteiger partial charge is 0.459 e. The molecular weight excluding hydrogens is 384 g/mol. The molecule has 2 heterocycles. The van der Waals surface area contributed by atoms with Crippen LogP contribution < -0.4 is 5.56 Å². The van der Waals surface area contributed by atoms with Crippen molar-refractivity contribution in [3.63, 3.8) is 0 Å². The maximum atomic E-state index is 12.6. The summed E-state index contributed by atoms with van der Waals surface area (Å²) in [5.41, 5.74) is 1.29. The van der Waals surface area contributed by atoms with Gasteiger partial charge in [-0.3, -0.25) is 14.2 Å². The number of ether oxygens (including phenoxy) is 1. The number of hydrogen-bond donors (Lipinski definition) is 0. The van der Waals surface area contributed by atoms with Crippen LogP contribution in [0.25, 0.3) is 21.0 Å². The second-order valence-corrected chi connectivity index (χ2v) is 7.66. The van der Waals surface area contributed by atoms with E-state index in [-0.39, 0.29) is 18.7 Å². The molecular formula is C20H15ClN2O3S. The van der Waals surface area contributed by atoms with Gasteiger partial charge in [0.15, 0.2) is 0 Å². The highest BCUT2D eigenvalue weighted by molar-refractivity contribution is 7.19. The number of aryl methyl sites for hydroxylation is 1. The van der Waals surface area contributed by atoms with Crippen molar-refractivity contribution in [2.75, 3.05) is 0 Å². The summed E-state index contributed by atoms with van der Waals surface area (Å²) in [6.45, 7) is 1.77. The topological polar surface area (TPSA) is 61.2 Å². The Kier molecular flexibility index (Phi) is 4.68. The maximum Gasteiger partial charge on any atom is 0.326 e. The van der Waals surface area contributed by atoms with Crippen molar-refractivity contribution >= 4 is 49.9 Å². The molecule has 0 N–H and O–H groups in total. The van der Waals surface area contributed by atoms with E-state index in [1.807, 2.05) is 37.3 Å². The molecule has 0 bridgehead atoms. The molecule has 0 spiro atoms. The minimum absolute atomic E-state index is 0.0753. The maximum absolute atomic E-state index is 12.6. The molecule has 0 aliphatic heterocycles. The number of benzene rings is 2. The third-order valence-electron chi connectivity index (χ3n) is 4.32. The quantitative estimate of drug-likeness (QED) is 0.480. The summed E-state index contributed by atoms with van der Waals surface area (Å²) in [6.07, 6.45) is 1.38. The van der Waals surface area contributed by atoms with Crippen LogP contribution in [0.5, 0.6) is 0 Å². The zero-order valence-electron chi connectivity index (χ0n) is 14.4. The Morgan fingerprint density at radius 1 is 1.19 bits per heavy atom. The monoisotopic (exact) mass is 398 g/mol. The van der Waals surface area contributed by atoms with Gasteiger partial charge >= 0.3 is 5.97 Å². The van der Waals surface area contributed by atoms with Gasteiger partial charge in [0.2, 0.25) is 0 Å². The Morgan fingerprint density at radius 2 is 1.96 bits per heavy atom. The van der Waals surface area contributed by atoms with Crippen LogP contribution in [0.15, 0.2) is 53.6 Å². The Hall–Kier alpha value is -2.70. The summed E-state index contributed by atoms with van der Waals surface area (Å²) in [6, 6.07) is 13.1. The lowest BCUT2D eigenvalue weighted by atomic mass is 10.1. The van der Waals surface area contributed by atoms with E-state index in [2.05, 4.69) is 4.98 Å². The van der Waals surface area contributed by atoms with Gasteiger partial charge in [-0.1, -0.05) is 41.9 Å². The molecule has 27 heavy (non-hydrogen) atoms. The first-order valence-corrected chi connectivity index (χ1v) is 9.50. The average molecular weight is 399 g/mol. The number of thiophene rings is 1. The summed E-state index contributed by atoms with van der Waals surface area (Å²) in [4.78, 5) is 29.9. The molecule has 0 saturated carbocycles. The number of aromatic nitrogens is 2. The molecule has 0 aliphatic rings. The van der Waals surface area contributed by atoms with Crippen molar-refractivity contribution in [2.24, 2.45) is 0 Å². The minimum Gasteiger partial charge on any atom is -0.459 e. The molecule has 5 nitrogen and oxygen atoms in total. The van der Waals surface area contributed by atoms with Crippen molar-refractivity contribution in [1.29, 1.82) is 0 Å². The number of hydrogen-bond acceptors (Lipinski definition) is 5. The summed E-state index contributed by atoms with van der Waals surface area (Å²) < 4.78 is 7.63. The molecule has 4 rings (SSSR count). The number of rotatable bonds is 4.